The van der Waals surface area contributed by atoms with Gasteiger partial charge in [0.2, 0.25) is 0 Å². The second-order valence-electron chi connectivity index (χ2n) is 2.12. The summed E-state index contributed by atoms with van der Waals surface area (Å²) in [4.78, 5) is 7.32. The second kappa shape index (κ2) is 2.96. The second-order valence-corrected chi connectivity index (χ2v) is 4.01. The van der Waals surface area contributed by atoms with Crippen molar-refractivity contribution in [1.82, 2.24) is 9.97 Å². The fourth-order valence-electron chi connectivity index (χ4n) is 0.619. The summed E-state index contributed by atoms with van der Waals surface area (Å²) in [5.41, 5.74) is 0.495. The van der Waals surface area contributed by atoms with Crippen LogP contribution in [0, 0.1) is 5.75 Å². The molecule has 0 saturated heterocycles. The Bertz CT molecular complexity index is 320. The highest BCUT2D eigenvalue weighted by Gasteiger charge is 2.04. The van der Waals surface area contributed by atoms with Crippen LogP contribution in [0.2, 0.25) is 0 Å². The normalized spacial score (nSPS) is 11.4. The highest BCUT2D eigenvalue weighted by atomic mass is 32.2. The van der Waals surface area contributed by atoms with E-state index in [1.54, 1.807) is 0 Å². The Morgan fingerprint density at radius 2 is 1.91 bits per heavy atom. The Morgan fingerprint density at radius 1 is 1.36 bits per heavy atom. The first-order chi connectivity index (χ1) is 5.08. The Hall–Kier alpha value is -0.970. The van der Waals surface area contributed by atoms with E-state index in [0.29, 0.717) is 5.56 Å². The lowest BCUT2D eigenvalue weighted by Gasteiger charge is -1.94. The van der Waals surface area contributed by atoms with Gasteiger partial charge in [0.15, 0.2) is 9.84 Å². The average Bonchev–Trinajstić information content (AvgIpc) is 1.85. The van der Waals surface area contributed by atoms with Gasteiger partial charge in [0.05, 0.1) is 0 Å². The predicted molar refractivity (Wildman–Crippen MR) is 40.3 cm³/mol. The van der Waals surface area contributed by atoms with Crippen molar-refractivity contribution >= 4 is 9.84 Å². The highest BCUT2D eigenvalue weighted by Crippen LogP contribution is 2.02. The summed E-state index contributed by atoms with van der Waals surface area (Å²) in [6, 6.07) is 0. The van der Waals surface area contributed by atoms with E-state index >= 15 is 0 Å². The molecule has 0 bridgehead atoms. The minimum atomic E-state index is -3.08. The largest absolute Gasteiger partial charge is 0.244 e. The Morgan fingerprint density at radius 3 is 2.36 bits per heavy atom. The van der Waals surface area contributed by atoms with Crippen molar-refractivity contribution in [2.75, 3.05) is 6.26 Å². The van der Waals surface area contributed by atoms with E-state index in [4.69, 9.17) is 0 Å². The quantitative estimate of drug-likeness (QED) is 0.630. The zero-order valence-electron chi connectivity index (χ0n) is 5.93. The first-order valence-electron chi connectivity index (χ1n) is 2.88. The van der Waals surface area contributed by atoms with Crippen molar-refractivity contribution < 1.29 is 8.42 Å². The van der Waals surface area contributed by atoms with E-state index in [9.17, 15) is 8.42 Å². The monoisotopic (exact) mass is 171 g/mol. The van der Waals surface area contributed by atoms with Gasteiger partial charge in [0.25, 0.3) is 0 Å². The predicted octanol–water partition coefficient (Wildman–Crippen LogP) is 0.0311. The lowest BCUT2D eigenvalue weighted by Crippen LogP contribution is -1.98. The summed E-state index contributed by atoms with van der Waals surface area (Å²) in [6.07, 6.45) is 5.35. The molecule has 0 aromatic carbocycles. The van der Waals surface area contributed by atoms with Crippen molar-refractivity contribution in [3.8, 4) is 0 Å². The molecule has 0 atom stereocenters. The first-order valence-corrected chi connectivity index (χ1v) is 4.83. The molecule has 0 unspecified atom stereocenters. The number of rotatable bonds is 2. The van der Waals surface area contributed by atoms with Gasteiger partial charge in [-0.15, -0.1) is 0 Å². The molecule has 0 amide bonds. The maximum atomic E-state index is 10.7. The summed E-state index contributed by atoms with van der Waals surface area (Å²) in [5, 5.41) is 0. The van der Waals surface area contributed by atoms with Gasteiger partial charge in [-0.1, -0.05) is 0 Å². The molecular weight excluding hydrogens is 164 g/mol. The van der Waals surface area contributed by atoms with Crippen LogP contribution >= 0.6 is 0 Å². The first kappa shape index (κ1) is 8.13. The van der Waals surface area contributed by atoms with Crippen LogP contribution in [0.3, 0.4) is 0 Å². The van der Waals surface area contributed by atoms with Crippen LogP contribution in [-0.2, 0) is 9.84 Å². The third-order valence-corrected chi connectivity index (χ3v) is 1.63. The fourth-order valence-corrected chi connectivity index (χ4v) is 1.23. The molecule has 11 heavy (non-hydrogen) atoms. The maximum Gasteiger partial charge on any atom is 0.156 e. The number of nitrogens with zero attached hydrogens (tertiary/aromatic N) is 2. The molecule has 1 rings (SSSR count). The molecule has 0 aliphatic carbocycles. The molecule has 0 aliphatic heterocycles. The molecule has 0 spiro atoms. The Balaban J connectivity index is 2.82. The van der Waals surface area contributed by atoms with Crippen LogP contribution in [0.15, 0.2) is 18.7 Å². The summed E-state index contributed by atoms with van der Waals surface area (Å²) < 4.78 is 21.4. The topological polar surface area (TPSA) is 59.9 Å². The molecule has 0 saturated carbocycles. The van der Waals surface area contributed by atoms with E-state index in [0.717, 1.165) is 12.0 Å². The van der Waals surface area contributed by atoms with Crippen LogP contribution < -0.4 is 0 Å². The van der Waals surface area contributed by atoms with E-state index < -0.39 is 9.84 Å². The molecule has 4 nitrogen and oxygen atoms in total. The SMILES string of the molecule is CS(=O)(=O)[CH]c1cncnc1. The molecule has 1 heterocycles. The van der Waals surface area contributed by atoms with Crippen LogP contribution in [0.5, 0.6) is 0 Å². The minimum Gasteiger partial charge on any atom is -0.244 e. The van der Waals surface area contributed by atoms with Crippen molar-refractivity contribution in [1.29, 1.82) is 0 Å². The molecule has 1 aromatic rings. The van der Waals surface area contributed by atoms with Crippen LogP contribution in [-0.4, -0.2) is 24.6 Å². The third-order valence-electron chi connectivity index (χ3n) is 0.931. The molecule has 0 fully saturated rings. The van der Waals surface area contributed by atoms with E-state index in [-0.39, 0.29) is 0 Å². The van der Waals surface area contributed by atoms with Crippen molar-refractivity contribution in [3.05, 3.63) is 30.0 Å². The number of aromatic nitrogens is 2. The van der Waals surface area contributed by atoms with Gasteiger partial charge < -0.3 is 0 Å². The minimum absolute atomic E-state index is 0.495. The number of sulfone groups is 1. The summed E-state index contributed by atoms with van der Waals surface area (Å²) in [5.74, 6) is 1.12. The molecule has 5 heteroatoms. The average molecular weight is 171 g/mol. The number of hydrogen-bond donors (Lipinski definition) is 0. The Labute approximate surface area is 65.2 Å². The molecular formula is C6H7N2O2S. The van der Waals surface area contributed by atoms with Crippen LogP contribution in [0.4, 0.5) is 0 Å². The van der Waals surface area contributed by atoms with Gasteiger partial charge in [-0.2, -0.15) is 0 Å². The van der Waals surface area contributed by atoms with Crippen molar-refractivity contribution in [2.45, 2.75) is 0 Å². The molecule has 0 aliphatic rings. The lowest BCUT2D eigenvalue weighted by atomic mass is 10.4. The van der Waals surface area contributed by atoms with Crippen molar-refractivity contribution in [3.63, 3.8) is 0 Å². The van der Waals surface area contributed by atoms with Crippen LogP contribution in [0.1, 0.15) is 5.56 Å². The van der Waals surface area contributed by atoms with Gasteiger partial charge in [-0.3, -0.25) is 0 Å². The van der Waals surface area contributed by atoms with E-state index in [1.165, 1.54) is 18.7 Å². The van der Waals surface area contributed by atoms with E-state index in [1.807, 2.05) is 0 Å². The van der Waals surface area contributed by atoms with Gasteiger partial charge in [0, 0.05) is 24.2 Å². The smallest absolute Gasteiger partial charge is 0.156 e. The molecule has 59 valence electrons. The molecule has 1 radical (unpaired) electrons. The fraction of sp³-hybridized carbons (Fsp3) is 0.167. The Kier molecular flexibility index (Phi) is 2.19. The maximum absolute atomic E-state index is 10.7. The zero-order chi connectivity index (χ0) is 8.32. The molecule has 0 N–H and O–H groups in total. The summed E-state index contributed by atoms with van der Waals surface area (Å²) in [6.45, 7) is 0. The van der Waals surface area contributed by atoms with Gasteiger partial charge in [0.1, 0.15) is 12.1 Å². The summed E-state index contributed by atoms with van der Waals surface area (Å²) >= 11 is 0. The highest BCUT2D eigenvalue weighted by molar-refractivity contribution is 7.92. The van der Waals surface area contributed by atoms with Gasteiger partial charge in [-0.05, 0) is 0 Å². The van der Waals surface area contributed by atoms with Crippen molar-refractivity contribution in [2.24, 2.45) is 0 Å². The number of hydrogen-bond acceptors (Lipinski definition) is 4. The van der Waals surface area contributed by atoms with Gasteiger partial charge in [-0.25, -0.2) is 18.4 Å². The third kappa shape index (κ3) is 3.08. The van der Waals surface area contributed by atoms with Crippen LogP contribution in [0.25, 0.3) is 0 Å². The lowest BCUT2D eigenvalue weighted by molar-refractivity contribution is 0.607. The molecule has 1 aromatic heterocycles. The van der Waals surface area contributed by atoms with E-state index in [2.05, 4.69) is 9.97 Å². The zero-order valence-corrected chi connectivity index (χ0v) is 6.75. The standard InChI is InChI=1S/C6H7N2O2S/c1-11(9,10)4-6-2-7-5-8-3-6/h2-5H,1H3. The van der Waals surface area contributed by atoms with Gasteiger partial charge >= 0.3 is 0 Å². The summed E-state index contributed by atoms with van der Waals surface area (Å²) in [7, 11) is -3.08.